The summed E-state index contributed by atoms with van der Waals surface area (Å²) in [4.78, 5) is 12.4. The first-order valence-electron chi connectivity index (χ1n) is 7.72. The Balaban J connectivity index is 2.28. The van der Waals surface area contributed by atoms with Crippen molar-refractivity contribution in [1.82, 2.24) is 15.0 Å². The van der Waals surface area contributed by atoms with Crippen molar-refractivity contribution in [2.24, 2.45) is 0 Å². The van der Waals surface area contributed by atoms with E-state index in [1.165, 1.54) is 12.4 Å². The van der Waals surface area contributed by atoms with Crippen LogP contribution in [0, 0.1) is 17.5 Å². The summed E-state index contributed by atoms with van der Waals surface area (Å²) < 4.78 is 41.9. The van der Waals surface area contributed by atoms with Crippen LogP contribution in [0.4, 0.5) is 19.0 Å². The molecule has 0 bridgehead atoms. The van der Waals surface area contributed by atoms with Gasteiger partial charge in [0.05, 0.1) is 16.1 Å². The Hall–Kier alpha value is -2.41. The molecule has 2 heterocycles. The standard InChI is InChI=1S/C17H14ClF3N4/c1-2-3-4-23-16-13(12-10(20)7-9(19)8-11(12)21)14(18)15-17(25-16)24-6-5-22-15/h5-8H,2-4H2,1H3,(H,23,24,25). The van der Waals surface area contributed by atoms with Crippen LogP contribution in [0.5, 0.6) is 0 Å². The second-order valence-electron chi connectivity index (χ2n) is 5.40. The molecule has 1 aromatic carbocycles. The van der Waals surface area contributed by atoms with E-state index in [-0.39, 0.29) is 27.6 Å². The Labute approximate surface area is 147 Å². The maximum atomic E-state index is 14.3. The number of fused-ring (bicyclic) bond motifs is 1. The number of unbranched alkanes of at least 4 members (excludes halogenated alkanes) is 1. The van der Waals surface area contributed by atoms with Gasteiger partial charge in [-0.3, -0.25) is 0 Å². The molecule has 3 rings (SSSR count). The van der Waals surface area contributed by atoms with Gasteiger partial charge >= 0.3 is 0 Å². The quantitative estimate of drug-likeness (QED) is 0.647. The summed E-state index contributed by atoms with van der Waals surface area (Å²) in [6.07, 6.45) is 4.59. The Morgan fingerprint density at radius 3 is 2.40 bits per heavy atom. The van der Waals surface area contributed by atoms with Gasteiger partial charge in [-0.15, -0.1) is 0 Å². The lowest BCUT2D eigenvalue weighted by Crippen LogP contribution is -2.07. The summed E-state index contributed by atoms with van der Waals surface area (Å²) in [6.45, 7) is 2.54. The van der Waals surface area contributed by atoms with Gasteiger partial charge in [-0.2, -0.15) is 0 Å². The molecule has 0 unspecified atom stereocenters. The summed E-state index contributed by atoms with van der Waals surface area (Å²) in [6, 6.07) is 1.21. The molecular formula is C17H14ClF3N4. The summed E-state index contributed by atoms with van der Waals surface area (Å²) in [5, 5.41) is 3.03. The highest BCUT2D eigenvalue weighted by Gasteiger charge is 2.23. The number of nitrogens with zero attached hydrogens (tertiary/aromatic N) is 3. The molecule has 0 aliphatic heterocycles. The fraction of sp³-hybridized carbons (Fsp3) is 0.235. The minimum absolute atomic E-state index is 0.000713. The molecule has 130 valence electrons. The highest BCUT2D eigenvalue weighted by Crippen LogP contribution is 2.40. The Morgan fingerprint density at radius 1 is 1.04 bits per heavy atom. The SMILES string of the molecule is CCCCNc1nc2nccnc2c(Cl)c1-c1c(F)cc(F)cc1F. The van der Waals surface area contributed by atoms with Gasteiger partial charge in [-0.05, 0) is 6.42 Å². The third kappa shape index (κ3) is 3.37. The van der Waals surface area contributed by atoms with Gasteiger partial charge in [0.1, 0.15) is 28.8 Å². The Kier molecular flexibility index (Phi) is 5.03. The number of aromatic nitrogens is 3. The molecule has 25 heavy (non-hydrogen) atoms. The third-order valence-electron chi connectivity index (χ3n) is 3.64. The molecule has 0 radical (unpaired) electrons. The summed E-state index contributed by atoms with van der Waals surface area (Å²) in [5.41, 5.74) is 0.00716. The van der Waals surface area contributed by atoms with Crippen LogP contribution < -0.4 is 5.32 Å². The smallest absolute Gasteiger partial charge is 0.181 e. The number of rotatable bonds is 5. The van der Waals surface area contributed by atoms with E-state index in [0.29, 0.717) is 18.7 Å². The second kappa shape index (κ2) is 7.23. The number of benzene rings is 1. The van der Waals surface area contributed by atoms with Gasteiger partial charge in [0.2, 0.25) is 0 Å². The minimum Gasteiger partial charge on any atom is -0.369 e. The van der Waals surface area contributed by atoms with Crippen molar-refractivity contribution >= 4 is 28.6 Å². The van der Waals surface area contributed by atoms with Gasteiger partial charge < -0.3 is 5.32 Å². The van der Waals surface area contributed by atoms with E-state index in [0.717, 1.165) is 12.8 Å². The molecule has 4 nitrogen and oxygen atoms in total. The zero-order valence-electron chi connectivity index (χ0n) is 13.3. The molecule has 0 saturated carbocycles. The molecular weight excluding hydrogens is 353 g/mol. The summed E-state index contributed by atoms with van der Waals surface area (Å²) in [7, 11) is 0. The van der Waals surface area contributed by atoms with E-state index in [4.69, 9.17) is 11.6 Å². The van der Waals surface area contributed by atoms with Crippen molar-refractivity contribution in [3.63, 3.8) is 0 Å². The van der Waals surface area contributed by atoms with Gasteiger partial charge in [-0.25, -0.2) is 28.1 Å². The fourth-order valence-electron chi connectivity index (χ4n) is 2.47. The van der Waals surface area contributed by atoms with Crippen molar-refractivity contribution in [2.75, 3.05) is 11.9 Å². The van der Waals surface area contributed by atoms with Crippen molar-refractivity contribution in [2.45, 2.75) is 19.8 Å². The van der Waals surface area contributed by atoms with Crippen LogP contribution in [0.15, 0.2) is 24.5 Å². The normalized spacial score (nSPS) is 11.1. The molecule has 8 heteroatoms. The van der Waals surface area contributed by atoms with E-state index in [1.54, 1.807) is 0 Å². The van der Waals surface area contributed by atoms with E-state index < -0.39 is 23.0 Å². The molecule has 1 N–H and O–H groups in total. The molecule has 0 aliphatic carbocycles. The van der Waals surface area contributed by atoms with Crippen LogP contribution in [0.1, 0.15) is 19.8 Å². The molecule has 0 saturated heterocycles. The van der Waals surface area contributed by atoms with Gasteiger partial charge in [0, 0.05) is 31.1 Å². The lowest BCUT2D eigenvalue weighted by atomic mass is 10.0. The Bertz CT molecular complexity index is 910. The van der Waals surface area contributed by atoms with Crippen molar-refractivity contribution in [3.8, 4) is 11.1 Å². The number of halogens is 4. The molecule has 0 aliphatic rings. The number of hydrogen-bond acceptors (Lipinski definition) is 4. The van der Waals surface area contributed by atoms with E-state index in [2.05, 4.69) is 20.3 Å². The molecule has 0 atom stereocenters. The average molecular weight is 367 g/mol. The zero-order valence-corrected chi connectivity index (χ0v) is 14.0. The number of pyridine rings is 1. The molecule has 0 amide bonds. The first-order chi connectivity index (χ1) is 12.0. The largest absolute Gasteiger partial charge is 0.369 e. The third-order valence-corrected chi connectivity index (χ3v) is 4.01. The van der Waals surface area contributed by atoms with Gasteiger partial charge in [0.25, 0.3) is 0 Å². The van der Waals surface area contributed by atoms with Crippen molar-refractivity contribution in [1.29, 1.82) is 0 Å². The topological polar surface area (TPSA) is 50.7 Å². The first-order valence-corrected chi connectivity index (χ1v) is 8.09. The van der Waals surface area contributed by atoms with Gasteiger partial charge in [-0.1, -0.05) is 24.9 Å². The maximum Gasteiger partial charge on any atom is 0.181 e. The number of anilines is 1. The highest BCUT2D eigenvalue weighted by molar-refractivity contribution is 6.38. The van der Waals surface area contributed by atoms with Crippen LogP contribution in [-0.2, 0) is 0 Å². The lowest BCUT2D eigenvalue weighted by Gasteiger charge is -2.15. The highest BCUT2D eigenvalue weighted by atomic mass is 35.5. The van der Waals surface area contributed by atoms with Gasteiger partial charge in [0.15, 0.2) is 5.65 Å². The van der Waals surface area contributed by atoms with Crippen LogP contribution in [-0.4, -0.2) is 21.5 Å². The lowest BCUT2D eigenvalue weighted by molar-refractivity contribution is 0.548. The minimum atomic E-state index is -1.07. The second-order valence-corrected chi connectivity index (χ2v) is 5.78. The predicted molar refractivity (Wildman–Crippen MR) is 91.1 cm³/mol. The van der Waals surface area contributed by atoms with Crippen LogP contribution >= 0.6 is 11.6 Å². The van der Waals surface area contributed by atoms with Crippen LogP contribution in [0.2, 0.25) is 5.02 Å². The van der Waals surface area contributed by atoms with E-state index in [1.807, 2.05) is 6.92 Å². The molecule has 0 fully saturated rings. The van der Waals surface area contributed by atoms with Crippen LogP contribution in [0.3, 0.4) is 0 Å². The maximum absolute atomic E-state index is 14.3. The van der Waals surface area contributed by atoms with E-state index >= 15 is 0 Å². The average Bonchev–Trinajstić information content (AvgIpc) is 2.57. The molecule has 3 aromatic rings. The van der Waals surface area contributed by atoms with Crippen LogP contribution in [0.25, 0.3) is 22.3 Å². The Morgan fingerprint density at radius 2 is 1.72 bits per heavy atom. The van der Waals surface area contributed by atoms with Crippen molar-refractivity contribution in [3.05, 3.63) is 47.0 Å². The van der Waals surface area contributed by atoms with Crippen molar-refractivity contribution < 1.29 is 13.2 Å². The summed E-state index contributed by atoms with van der Waals surface area (Å²) in [5.74, 6) is -2.97. The summed E-state index contributed by atoms with van der Waals surface area (Å²) >= 11 is 6.37. The van der Waals surface area contributed by atoms with E-state index in [9.17, 15) is 13.2 Å². The fourth-order valence-corrected chi connectivity index (χ4v) is 2.79. The molecule has 0 spiro atoms. The predicted octanol–water partition coefficient (Wildman–Crippen LogP) is 4.97. The zero-order chi connectivity index (χ0) is 18.0. The monoisotopic (exact) mass is 366 g/mol. The number of nitrogens with one attached hydrogen (secondary N) is 1. The molecule has 2 aromatic heterocycles. The first kappa shape index (κ1) is 17.4. The number of hydrogen-bond donors (Lipinski definition) is 1.